The molecule has 4 nitrogen and oxygen atoms in total. The summed E-state index contributed by atoms with van der Waals surface area (Å²) in [5.74, 6) is -0.852. The van der Waals surface area contributed by atoms with Crippen LogP contribution in [0, 0.1) is 0 Å². The predicted molar refractivity (Wildman–Crippen MR) is 81.6 cm³/mol. The molecule has 0 aliphatic heterocycles. The van der Waals surface area contributed by atoms with Crippen LogP contribution in [0.4, 0.5) is 0 Å². The minimum absolute atomic E-state index is 0.00574. The molecule has 0 amide bonds. The summed E-state index contributed by atoms with van der Waals surface area (Å²) in [6.45, 7) is 2.13. The van der Waals surface area contributed by atoms with Gasteiger partial charge in [0.1, 0.15) is 0 Å². The molecule has 21 heavy (non-hydrogen) atoms. The lowest BCUT2D eigenvalue weighted by atomic mass is 9.98. The Kier molecular flexibility index (Phi) is 5.51. The van der Waals surface area contributed by atoms with Gasteiger partial charge in [0.05, 0.1) is 6.04 Å². The number of nitrogens with one attached hydrogen (secondary N) is 1. The summed E-state index contributed by atoms with van der Waals surface area (Å²) in [6.07, 6.45) is 4.61. The van der Waals surface area contributed by atoms with E-state index in [0.717, 1.165) is 25.7 Å². The van der Waals surface area contributed by atoms with E-state index in [-0.39, 0.29) is 18.2 Å². The van der Waals surface area contributed by atoms with E-state index >= 15 is 0 Å². The van der Waals surface area contributed by atoms with Crippen LogP contribution < -0.4 is 5.32 Å². The summed E-state index contributed by atoms with van der Waals surface area (Å²) >= 11 is 0. The van der Waals surface area contributed by atoms with Crippen molar-refractivity contribution < 1.29 is 14.7 Å². The van der Waals surface area contributed by atoms with E-state index in [0.29, 0.717) is 18.0 Å². The van der Waals surface area contributed by atoms with Crippen molar-refractivity contribution in [2.45, 2.75) is 57.5 Å². The van der Waals surface area contributed by atoms with Gasteiger partial charge in [0.25, 0.3) is 0 Å². The number of Topliss-reactive ketones (excluding diaryl/α,β-unsaturated/α-hetero) is 1. The topological polar surface area (TPSA) is 66.4 Å². The molecule has 1 unspecified atom stereocenters. The highest BCUT2D eigenvalue weighted by atomic mass is 16.4. The molecule has 1 aliphatic rings. The molecule has 0 saturated heterocycles. The summed E-state index contributed by atoms with van der Waals surface area (Å²) in [4.78, 5) is 23.3. The Balaban J connectivity index is 2.02. The Morgan fingerprint density at radius 2 is 1.95 bits per heavy atom. The molecule has 0 heterocycles. The van der Waals surface area contributed by atoms with Crippen LogP contribution in [0.3, 0.4) is 0 Å². The maximum Gasteiger partial charge on any atom is 0.303 e. The van der Waals surface area contributed by atoms with Gasteiger partial charge in [-0.25, -0.2) is 0 Å². The zero-order valence-electron chi connectivity index (χ0n) is 12.5. The zero-order valence-corrected chi connectivity index (χ0v) is 12.5. The van der Waals surface area contributed by atoms with Gasteiger partial charge in [-0.3, -0.25) is 9.59 Å². The second-order valence-electron chi connectivity index (χ2n) is 5.74. The Labute approximate surface area is 125 Å². The number of hydrogen-bond acceptors (Lipinski definition) is 3. The van der Waals surface area contributed by atoms with Crippen molar-refractivity contribution in [3.63, 3.8) is 0 Å². The second kappa shape index (κ2) is 7.36. The largest absolute Gasteiger partial charge is 0.481 e. The fraction of sp³-hybridized carbons (Fsp3) is 0.529. The molecule has 1 saturated carbocycles. The first kappa shape index (κ1) is 15.7. The normalized spacial score (nSPS) is 15.7. The Morgan fingerprint density at radius 1 is 1.29 bits per heavy atom. The Hall–Kier alpha value is -1.68. The number of hydrogen-bond donors (Lipinski definition) is 2. The van der Waals surface area contributed by atoms with Gasteiger partial charge in [-0.1, -0.05) is 37.6 Å². The number of aryl methyl sites for hydroxylation is 1. The number of carbonyl (C=O) groups is 2. The third-order valence-electron chi connectivity index (χ3n) is 3.75. The molecular formula is C17H23NO3. The lowest BCUT2D eigenvalue weighted by Crippen LogP contribution is -2.38. The number of carboxylic acids is 1. The van der Waals surface area contributed by atoms with Crippen molar-refractivity contribution in [2.24, 2.45) is 0 Å². The minimum Gasteiger partial charge on any atom is -0.481 e. The molecule has 2 rings (SSSR count). The van der Waals surface area contributed by atoms with Crippen molar-refractivity contribution in [1.29, 1.82) is 0 Å². The molecular weight excluding hydrogens is 266 g/mol. The first-order valence-corrected chi connectivity index (χ1v) is 7.71. The lowest BCUT2D eigenvalue weighted by molar-refractivity contribution is -0.137. The van der Waals surface area contributed by atoms with Gasteiger partial charge in [0.2, 0.25) is 0 Å². The molecule has 2 N–H and O–H groups in total. The average Bonchev–Trinajstić information content (AvgIpc) is 3.28. The van der Waals surface area contributed by atoms with Crippen LogP contribution in [0.25, 0.3) is 0 Å². The van der Waals surface area contributed by atoms with Crippen molar-refractivity contribution in [3.05, 3.63) is 35.4 Å². The van der Waals surface area contributed by atoms with Crippen LogP contribution in [0.2, 0.25) is 0 Å². The molecule has 4 heteroatoms. The van der Waals surface area contributed by atoms with Crippen LogP contribution in [-0.4, -0.2) is 28.9 Å². The van der Waals surface area contributed by atoms with E-state index in [2.05, 4.69) is 12.2 Å². The SMILES string of the molecule is CCCc1ccc(C(=O)C(CCC(=O)O)NC2CC2)cc1. The van der Waals surface area contributed by atoms with Crippen LogP contribution in [-0.2, 0) is 11.2 Å². The highest BCUT2D eigenvalue weighted by Gasteiger charge is 2.29. The fourth-order valence-corrected chi connectivity index (χ4v) is 2.42. The molecule has 0 bridgehead atoms. The molecule has 0 spiro atoms. The van der Waals surface area contributed by atoms with E-state index in [9.17, 15) is 9.59 Å². The van der Waals surface area contributed by atoms with Crippen molar-refractivity contribution >= 4 is 11.8 Å². The van der Waals surface area contributed by atoms with Gasteiger partial charge < -0.3 is 10.4 Å². The van der Waals surface area contributed by atoms with Crippen molar-refractivity contribution in [3.8, 4) is 0 Å². The summed E-state index contributed by atoms with van der Waals surface area (Å²) in [7, 11) is 0. The van der Waals surface area contributed by atoms with Gasteiger partial charge >= 0.3 is 5.97 Å². The fourth-order valence-electron chi connectivity index (χ4n) is 2.42. The number of carboxylic acid groups (broad SMARTS) is 1. The third kappa shape index (κ3) is 4.97. The smallest absolute Gasteiger partial charge is 0.303 e. The number of ketones is 1. The predicted octanol–water partition coefficient (Wildman–Crippen LogP) is 2.81. The summed E-state index contributed by atoms with van der Waals surface area (Å²) in [6, 6.07) is 7.69. The number of carbonyl (C=O) groups excluding carboxylic acids is 1. The van der Waals surface area contributed by atoms with Crippen molar-refractivity contribution in [1.82, 2.24) is 5.32 Å². The van der Waals surface area contributed by atoms with Gasteiger partial charge in [0.15, 0.2) is 5.78 Å². The molecule has 1 aliphatic carbocycles. The van der Waals surface area contributed by atoms with Gasteiger partial charge in [-0.15, -0.1) is 0 Å². The Morgan fingerprint density at radius 3 is 2.48 bits per heavy atom. The van der Waals surface area contributed by atoms with E-state index in [1.54, 1.807) is 0 Å². The van der Waals surface area contributed by atoms with Crippen LogP contribution in [0.1, 0.15) is 54.9 Å². The molecule has 1 atom stereocenters. The summed E-state index contributed by atoms with van der Waals surface area (Å²) in [5, 5.41) is 12.1. The average molecular weight is 289 g/mol. The van der Waals surface area contributed by atoms with Crippen LogP contribution in [0.15, 0.2) is 24.3 Å². The monoisotopic (exact) mass is 289 g/mol. The number of rotatable bonds is 9. The highest BCUT2D eigenvalue weighted by Crippen LogP contribution is 2.21. The molecule has 1 aromatic rings. The molecule has 114 valence electrons. The molecule has 1 fully saturated rings. The molecule has 1 aromatic carbocycles. The van der Waals surface area contributed by atoms with Crippen LogP contribution >= 0.6 is 0 Å². The number of aliphatic carboxylic acids is 1. The quantitative estimate of drug-likeness (QED) is 0.686. The second-order valence-corrected chi connectivity index (χ2v) is 5.74. The van der Waals surface area contributed by atoms with E-state index in [1.165, 1.54) is 5.56 Å². The standard InChI is InChI=1S/C17H23NO3/c1-2-3-12-4-6-13(7-5-12)17(21)15(10-11-16(19)20)18-14-8-9-14/h4-7,14-15,18H,2-3,8-11H2,1H3,(H,19,20). The first-order valence-electron chi connectivity index (χ1n) is 7.71. The van der Waals surface area contributed by atoms with E-state index in [4.69, 9.17) is 5.11 Å². The number of benzene rings is 1. The first-order chi connectivity index (χ1) is 10.1. The maximum absolute atomic E-state index is 12.5. The molecule has 0 aromatic heterocycles. The van der Waals surface area contributed by atoms with Gasteiger partial charge in [0, 0.05) is 18.0 Å². The lowest BCUT2D eigenvalue weighted by Gasteiger charge is -2.17. The Bertz CT molecular complexity index is 491. The molecule has 0 radical (unpaired) electrons. The van der Waals surface area contributed by atoms with Crippen molar-refractivity contribution in [2.75, 3.05) is 0 Å². The van der Waals surface area contributed by atoms with E-state index < -0.39 is 5.97 Å². The summed E-state index contributed by atoms with van der Waals surface area (Å²) < 4.78 is 0. The van der Waals surface area contributed by atoms with Crippen LogP contribution in [0.5, 0.6) is 0 Å². The summed E-state index contributed by atoms with van der Waals surface area (Å²) in [5.41, 5.74) is 1.89. The van der Waals surface area contributed by atoms with Gasteiger partial charge in [-0.2, -0.15) is 0 Å². The maximum atomic E-state index is 12.5. The third-order valence-corrected chi connectivity index (χ3v) is 3.75. The van der Waals surface area contributed by atoms with Gasteiger partial charge in [-0.05, 0) is 31.2 Å². The highest BCUT2D eigenvalue weighted by molar-refractivity contribution is 6.00. The van der Waals surface area contributed by atoms with E-state index in [1.807, 2.05) is 24.3 Å². The zero-order chi connectivity index (χ0) is 15.2. The minimum atomic E-state index is -0.858.